The number of urea groups is 1. The predicted molar refractivity (Wildman–Crippen MR) is 127 cm³/mol. The first-order valence-corrected chi connectivity index (χ1v) is 10.5. The highest BCUT2D eigenvalue weighted by atomic mass is 16.6. The number of hydrogen-bond donors (Lipinski definition) is 2. The molecule has 0 unspecified atom stereocenters. The fourth-order valence-electron chi connectivity index (χ4n) is 3.66. The molecule has 0 aromatic heterocycles. The van der Waals surface area contributed by atoms with Gasteiger partial charge in [0.05, 0.1) is 4.92 Å². The number of anilines is 3. The molecule has 3 aromatic carbocycles. The van der Waals surface area contributed by atoms with Gasteiger partial charge in [0.1, 0.15) is 0 Å². The maximum absolute atomic E-state index is 12.9. The molecule has 1 aliphatic rings. The monoisotopic (exact) mass is 445 g/mol. The Labute approximate surface area is 190 Å². The minimum absolute atomic E-state index is 0.0529. The van der Waals surface area contributed by atoms with E-state index < -0.39 is 4.92 Å². The quantitative estimate of drug-likeness (QED) is 0.452. The lowest BCUT2D eigenvalue weighted by atomic mass is 10.1. The van der Waals surface area contributed by atoms with E-state index in [4.69, 9.17) is 0 Å². The van der Waals surface area contributed by atoms with Crippen LogP contribution in [0.3, 0.4) is 0 Å². The van der Waals surface area contributed by atoms with Gasteiger partial charge in [0.25, 0.3) is 11.6 Å². The molecular weight excluding hydrogens is 422 g/mol. The van der Waals surface area contributed by atoms with Crippen molar-refractivity contribution in [3.63, 3.8) is 0 Å². The number of non-ortho nitro benzene ring substituents is 1. The lowest BCUT2D eigenvalue weighted by Gasteiger charge is -2.36. The predicted octanol–water partition coefficient (Wildman–Crippen LogP) is 4.20. The Kier molecular flexibility index (Phi) is 6.49. The van der Waals surface area contributed by atoms with Crippen LogP contribution in [0.25, 0.3) is 0 Å². The number of benzene rings is 3. The van der Waals surface area contributed by atoms with E-state index in [1.807, 2.05) is 29.2 Å². The molecule has 1 saturated heterocycles. The van der Waals surface area contributed by atoms with Crippen molar-refractivity contribution in [1.82, 2.24) is 4.90 Å². The zero-order chi connectivity index (χ0) is 23.2. The molecule has 4 rings (SSSR count). The third kappa shape index (κ3) is 5.45. The summed E-state index contributed by atoms with van der Waals surface area (Å²) in [6.07, 6.45) is 0. The zero-order valence-electron chi connectivity index (χ0n) is 17.8. The number of para-hydroxylation sites is 1. The molecule has 0 atom stereocenters. The molecule has 9 heteroatoms. The zero-order valence-corrected chi connectivity index (χ0v) is 17.8. The third-order valence-corrected chi connectivity index (χ3v) is 5.39. The SMILES string of the molecule is O=C(Nc1ccccc1)Nc1ccc(C(=O)N2CCN(c3cccc([N+](=O)[O-])c3)CC2)cc1. The Morgan fingerprint density at radius 1 is 0.788 bits per heavy atom. The second-order valence-electron chi connectivity index (χ2n) is 7.58. The summed E-state index contributed by atoms with van der Waals surface area (Å²) < 4.78 is 0. The third-order valence-electron chi connectivity index (χ3n) is 5.39. The van der Waals surface area contributed by atoms with Crippen LogP contribution in [0.2, 0.25) is 0 Å². The number of rotatable bonds is 5. The van der Waals surface area contributed by atoms with Crippen LogP contribution in [-0.2, 0) is 0 Å². The summed E-state index contributed by atoms with van der Waals surface area (Å²) in [6.45, 7) is 2.21. The number of hydrogen-bond acceptors (Lipinski definition) is 5. The van der Waals surface area contributed by atoms with Crippen LogP contribution in [0.1, 0.15) is 10.4 Å². The summed E-state index contributed by atoms with van der Waals surface area (Å²) in [5, 5.41) is 16.5. The fraction of sp³-hybridized carbons (Fsp3) is 0.167. The van der Waals surface area contributed by atoms with Crippen molar-refractivity contribution in [2.75, 3.05) is 41.7 Å². The molecule has 0 aliphatic carbocycles. The van der Waals surface area contributed by atoms with E-state index in [1.54, 1.807) is 53.4 Å². The topological polar surface area (TPSA) is 108 Å². The van der Waals surface area contributed by atoms with E-state index in [9.17, 15) is 19.7 Å². The Bertz CT molecular complexity index is 1140. The number of piperazine rings is 1. The van der Waals surface area contributed by atoms with E-state index in [2.05, 4.69) is 10.6 Å². The molecule has 3 aromatic rings. The normalized spacial score (nSPS) is 13.3. The average molecular weight is 445 g/mol. The molecule has 1 heterocycles. The second kappa shape index (κ2) is 9.82. The van der Waals surface area contributed by atoms with Gasteiger partial charge in [-0.1, -0.05) is 24.3 Å². The number of nitrogens with one attached hydrogen (secondary N) is 2. The van der Waals surface area contributed by atoms with Crippen LogP contribution in [0.5, 0.6) is 0 Å². The van der Waals surface area contributed by atoms with Crippen molar-refractivity contribution in [2.24, 2.45) is 0 Å². The van der Waals surface area contributed by atoms with Gasteiger partial charge in [-0.2, -0.15) is 0 Å². The average Bonchev–Trinajstić information content (AvgIpc) is 2.85. The van der Waals surface area contributed by atoms with Gasteiger partial charge in [0, 0.05) is 60.9 Å². The van der Waals surface area contributed by atoms with Crippen molar-refractivity contribution < 1.29 is 14.5 Å². The number of amides is 3. The van der Waals surface area contributed by atoms with Crippen molar-refractivity contribution in [1.29, 1.82) is 0 Å². The van der Waals surface area contributed by atoms with E-state index in [0.717, 1.165) is 5.69 Å². The van der Waals surface area contributed by atoms with E-state index in [-0.39, 0.29) is 17.6 Å². The van der Waals surface area contributed by atoms with Gasteiger partial charge in [-0.25, -0.2) is 4.79 Å². The van der Waals surface area contributed by atoms with Crippen LogP contribution < -0.4 is 15.5 Å². The molecule has 0 radical (unpaired) electrons. The molecule has 2 N–H and O–H groups in total. The van der Waals surface area contributed by atoms with Crippen molar-refractivity contribution in [3.05, 3.63) is 94.5 Å². The van der Waals surface area contributed by atoms with E-state index >= 15 is 0 Å². The van der Waals surface area contributed by atoms with Gasteiger partial charge in [0.15, 0.2) is 0 Å². The summed E-state index contributed by atoms with van der Waals surface area (Å²) >= 11 is 0. The van der Waals surface area contributed by atoms with Gasteiger partial charge in [-0.05, 0) is 42.5 Å². The number of nitro groups is 1. The lowest BCUT2D eigenvalue weighted by Crippen LogP contribution is -2.48. The molecule has 33 heavy (non-hydrogen) atoms. The van der Waals surface area contributed by atoms with Gasteiger partial charge >= 0.3 is 6.03 Å². The standard InChI is InChI=1S/C24H23N5O4/c30-23(28-15-13-27(14-16-28)21-7-4-8-22(17-21)29(32)33)18-9-11-20(12-10-18)26-24(31)25-19-5-2-1-3-6-19/h1-12,17H,13-16H2,(H2,25,26,31). The van der Waals surface area contributed by atoms with Crippen molar-refractivity contribution >= 4 is 34.7 Å². The maximum Gasteiger partial charge on any atom is 0.323 e. The Morgan fingerprint density at radius 2 is 1.42 bits per heavy atom. The highest BCUT2D eigenvalue weighted by molar-refractivity contribution is 6.00. The fourth-order valence-corrected chi connectivity index (χ4v) is 3.66. The first kappa shape index (κ1) is 21.8. The number of carbonyl (C=O) groups is 2. The van der Waals surface area contributed by atoms with Gasteiger partial charge in [0.2, 0.25) is 0 Å². The largest absolute Gasteiger partial charge is 0.368 e. The minimum Gasteiger partial charge on any atom is -0.368 e. The number of nitrogens with zero attached hydrogens (tertiary/aromatic N) is 3. The number of nitro benzene ring substituents is 1. The summed E-state index contributed by atoms with van der Waals surface area (Å²) in [4.78, 5) is 39.4. The molecule has 0 bridgehead atoms. The molecule has 0 spiro atoms. The van der Waals surface area contributed by atoms with Gasteiger partial charge in [-0.3, -0.25) is 14.9 Å². The van der Waals surface area contributed by atoms with Gasteiger partial charge < -0.3 is 20.4 Å². The summed E-state index contributed by atoms with van der Waals surface area (Å²) in [6, 6.07) is 22.0. The van der Waals surface area contributed by atoms with Crippen LogP contribution in [-0.4, -0.2) is 47.9 Å². The smallest absolute Gasteiger partial charge is 0.323 e. The van der Waals surface area contributed by atoms with Gasteiger partial charge in [-0.15, -0.1) is 0 Å². The molecule has 1 fully saturated rings. The minimum atomic E-state index is -0.410. The Hall–Kier alpha value is -4.40. The van der Waals surface area contributed by atoms with E-state index in [1.165, 1.54) is 6.07 Å². The number of carbonyl (C=O) groups excluding carboxylic acids is 2. The summed E-state index contributed by atoms with van der Waals surface area (Å²) in [5.74, 6) is -0.0889. The Morgan fingerprint density at radius 3 is 2.06 bits per heavy atom. The molecule has 0 saturated carbocycles. The van der Waals surface area contributed by atoms with Crippen molar-refractivity contribution in [3.8, 4) is 0 Å². The lowest BCUT2D eigenvalue weighted by molar-refractivity contribution is -0.384. The van der Waals surface area contributed by atoms with Crippen molar-refractivity contribution in [2.45, 2.75) is 0 Å². The molecular formula is C24H23N5O4. The summed E-state index contributed by atoms with van der Waals surface area (Å²) in [5.41, 5.74) is 2.63. The van der Waals surface area contributed by atoms with Crippen LogP contribution in [0.4, 0.5) is 27.5 Å². The van der Waals surface area contributed by atoms with Crippen LogP contribution in [0, 0.1) is 10.1 Å². The first-order valence-electron chi connectivity index (χ1n) is 10.5. The van der Waals surface area contributed by atoms with Crippen LogP contribution >= 0.6 is 0 Å². The highest BCUT2D eigenvalue weighted by Crippen LogP contribution is 2.23. The molecule has 3 amide bonds. The first-order chi connectivity index (χ1) is 16.0. The molecule has 168 valence electrons. The van der Waals surface area contributed by atoms with E-state index in [0.29, 0.717) is 43.1 Å². The molecule has 9 nitrogen and oxygen atoms in total. The summed E-state index contributed by atoms with van der Waals surface area (Å²) in [7, 11) is 0. The maximum atomic E-state index is 12.9. The van der Waals surface area contributed by atoms with Crippen LogP contribution in [0.15, 0.2) is 78.9 Å². The highest BCUT2D eigenvalue weighted by Gasteiger charge is 2.23. The second-order valence-corrected chi connectivity index (χ2v) is 7.58. The Balaban J connectivity index is 1.31. The molecule has 1 aliphatic heterocycles.